The highest BCUT2D eigenvalue weighted by atomic mass is 32.2. The van der Waals surface area contributed by atoms with Crippen LogP contribution in [0, 0.1) is 0 Å². The molecule has 1 atom stereocenters. The minimum Gasteiger partial charge on any atom is -0.455 e. The first-order valence-corrected chi connectivity index (χ1v) is 8.53. The molecule has 21 heavy (non-hydrogen) atoms. The summed E-state index contributed by atoms with van der Waals surface area (Å²) in [7, 11) is 0. The molecule has 0 radical (unpaired) electrons. The number of aromatic amines is 1. The molecule has 1 aliphatic rings. The third-order valence-electron chi connectivity index (χ3n) is 3.77. The second-order valence-corrected chi connectivity index (χ2v) is 6.13. The van der Waals surface area contributed by atoms with Crippen LogP contribution in [0.25, 0.3) is 0 Å². The summed E-state index contributed by atoms with van der Waals surface area (Å²) in [4.78, 5) is 21.9. The third-order valence-corrected chi connectivity index (χ3v) is 4.35. The molecule has 6 heteroatoms. The normalized spacial score (nSPS) is 18.9. The van der Waals surface area contributed by atoms with Crippen LogP contribution in [0.3, 0.4) is 0 Å². The number of thioether (sulfide) groups is 1. The Labute approximate surface area is 128 Å². The van der Waals surface area contributed by atoms with Gasteiger partial charge in [0.25, 0.3) is 5.91 Å². The lowest BCUT2D eigenvalue weighted by Crippen LogP contribution is -2.39. The molecule has 112 valence electrons. The molecule has 5 nitrogen and oxygen atoms in total. The number of furan rings is 1. The van der Waals surface area contributed by atoms with Crippen LogP contribution in [0.2, 0.25) is 0 Å². The Balaban J connectivity index is 1.68. The van der Waals surface area contributed by atoms with Crippen LogP contribution in [0.1, 0.15) is 40.9 Å². The maximum atomic E-state index is 12.5. The fraction of sp³-hybridized carbons (Fsp3) is 0.467. The van der Waals surface area contributed by atoms with Crippen LogP contribution in [0.4, 0.5) is 0 Å². The van der Waals surface area contributed by atoms with Gasteiger partial charge < -0.3 is 14.3 Å². The highest BCUT2D eigenvalue weighted by Crippen LogP contribution is 2.26. The average Bonchev–Trinajstić information content (AvgIpc) is 3.18. The molecule has 3 heterocycles. The summed E-state index contributed by atoms with van der Waals surface area (Å²) < 4.78 is 5.63. The number of likely N-dealkylation sites (tertiary alicyclic amines) is 1. The molecule has 3 rings (SSSR count). The van der Waals surface area contributed by atoms with Crippen molar-refractivity contribution in [2.75, 3.05) is 19.3 Å². The van der Waals surface area contributed by atoms with Gasteiger partial charge in [0, 0.05) is 31.4 Å². The molecule has 0 unspecified atom stereocenters. The first-order valence-electron chi connectivity index (χ1n) is 7.14. The van der Waals surface area contributed by atoms with Gasteiger partial charge in [-0.25, -0.2) is 4.98 Å². The van der Waals surface area contributed by atoms with Gasteiger partial charge in [0.2, 0.25) is 0 Å². The first-order chi connectivity index (χ1) is 10.3. The fourth-order valence-corrected chi connectivity index (χ4v) is 3.19. The van der Waals surface area contributed by atoms with Crippen molar-refractivity contribution < 1.29 is 9.21 Å². The SMILES string of the molecule is CSCc1ccc(C(=O)N2CCC[C@H](c3ncc[nH]3)C2)o1. The number of H-pyrrole nitrogens is 1. The van der Waals surface area contributed by atoms with Gasteiger partial charge in [-0.15, -0.1) is 0 Å². The summed E-state index contributed by atoms with van der Waals surface area (Å²) in [5.74, 6) is 3.33. The van der Waals surface area contributed by atoms with Gasteiger partial charge in [-0.1, -0.05) is 0 Å². The number of nitrogens with one attached hydrogen (secondary N) is 1. The number of imidazole rings is 1. The van der Waals surface area contributed by atoms with Gasteiger partial charge in [-0.05, 0) is 31.2 Å². The van der Waals surface area contributed by atoms with E-state index in [1.807, 2.05) is 23.4 Å². The molecule has 1 N–H and O–H groups in total. The van der Waals surface area contributed by atoms with Crippen LogP contribution in [-0.4, -0.2) is 40.1 Å². The zero-order valence-corrected chi connectivity index (χ0v) is 12.9. The molecule has 0 bridgehead atoms. The predicted molar refractivity (Wildman–Crippen MR) is 82.4 cm³/mol. The Morgan fingerprint density at radius 2 is 2.48 bits per heavy atom. The van der Waals surface area contributed by atoms with E-state index < -0.39 is 0 Å². The van der Waals surface area contributed by atoms with Crippen LogP contribution in [0.5, 0.6) is 0 Å². The zero-order chi connectivity index (χ0) is 14.7. The average molecular weight is 305 g/mol. The van der Waals surface area contributed by atoms with E-state index in [9.17, 15) is 4.79 Å². The molecule has 2 aromatic heterocycles. The smallest absolute Gasteiger partial charge is 0.289 e. The number of carbonyl (C=O) groups excluding carboxylic acids is 1. The van der Waals surface area contributed by atoms with Crippen LogP contribution in [-0.2, 0) is 5.75 Å². The van der Waals surface area contributed by atoms with E-state index in [-0.39, 0.29) is 5.91 Å². The van der Waals surface area contributed by atoms with Crippen LogP contribution in [0.15, 0.2) is 28.9 Å². The van der Waals surface area contributed by atoms with Crippen molar-refractivity contribution in [2.24, 2.45) is 0 Å². The second kappa shape index (κ2) is 6.39. The largest absolute Gasteiger partial charge is 0.455 e. The van der Waals surface area contributed by atoms with E-state index in [1.54, 1.807) is 24.0 Å². The van der Waals surface area contributed by atoms with Crippen molar-refractivity contribution >= 4 is 17.7 Å². The van der Waals surface area contributed by atoms with Crippen molar-refractivity contribution in [1.29, 1.82) is 0 Å². The maximum Gasteiger partial charge on any atom is 0.289 e. The Hall–Kier alpha value is -1.69. The topological polar surface area (TPSA) is 62.1 Å². The van der Waals surface area contributed by atoms with Crippen LogP contribution >= 0.6 is 11.8 Å². The summed E-state index contributed by atoms with van der Waals surface area (Å²) >= 11 is 1.68. The minimum absolute atomic E-state index is 0.0152. The van der Waals surface area contributed by atoms with Crippen molar-refractivity contribution in [3.8, 4) is 0 Å². The number of piperidine rings is 1. The number of rotatable bonds is 4. The van der Waals surface area contributed by atoms with Crippen molar-refractivity contribution in [3.05, 3.63) is 41.9 Å². The Kier molecular flexibility index (Phi) is 4.34. The van der Waals surface area contributed by atoms with E-state index in [0.717, 1.165) is 36.7 Å². The Morgan fingerprint density at radius 3 is 3.24 bits per heavy atom. The quantitative estimate of drug-likeness (QED) is 0.943. The highest BCUT2D eigenvalue weighted by Gasteiger charge is 2.28. The number of hydrogen-bond donors (Lipinski definition) is 1. The number of carbonyl (C=O) groups is 1. The van der Waals surface area contributed by atoms with Gasteiger partial charge in [0.05, 0.1) is 5.75 Å². The number of amides is 1. The maximum absolute atomic E-state index is 12.5. The standard InChI is InChI=1S/C15H19N3O2S/c1-21-10-12-4-5-13(20-12)15(19)18-8-2-3-11(9-18)14-16-6-7-17-14/h4-7,11H,2-3,8-10H2,1H3,(H,16,17)/t11-/m0/s1. The lowest BCUT2D eigenvalue weighted by atomic mass is 9.97. The van der Waals surface area contributed by atoms with Crippen LogP contribution < -0.4 is 0 Å². The molecule has 1 amide bonds. The van der Waals surface area contributed by atoms with E-state index >= 15 is 0 Å². The molecule has 1 saturated heterocycles. The summed E-state index contributed by atoms with van der Waals surface area (Å²) in [6.45, 7) is 1.49. The zero-order valence-electron chi connectivity index (χ0n) is 12.0. The number of hydrogen-bond acceptors (Lipinski definition) is 4. The number of aromatic nitrogens is 2. The van der Waals surface area contributed by atoms with E-state index in [0.29, 0.717) is 18.2 Å². The predicted octanol–water partition coefficient (Wildman–Crippen LogP) is 2.89. The molecule has 0 saturated carbocycles. The Bertz CT molecular complexity index is 594. The van der Waals surface area contributed by atoms with Gasteiger partial charge in [0.15, 0.2) is 5.76 Å². The molecular weight excluding hydrogens is 286 g/mol. The molecule has 2 aromatic rings. The van der Waals surface area contributed by atoms with Crippen molar-refractivity contribution in [2.45, 2.75) is 24.5 Å². The van der Waals surface area contributed by atoms with Gasteiger partial charge in [-0.3, -0.25) is 4.79 Å². The monoisotopic (exact) mass is 305 g/mol. The highest BCUT2D eigenvalue weighted by molar-refractivity contribution is 7.97. The summed E-state index contributed by atoms with van der Waals surface area (Å²) in [5, 5.41) is 0. The lowest BCUT2D eigenvalue weighted by Gasteiger charge is -2.31. The lowest BCUT2D eigenvalue weighted by molar-refractivity contribution is 0.0671. The van der Waals surface area contributed by atoms with Gasteiger partial charge in [0.1, 0.15) is 11.6 Å². The fourth-order valence-electron chi connectivity index (χ4n) is 2.75. The van der Waals surface area contributed by atoms with Gasteiger partial charge in [-0.2, -0.15) is 11.8 Å². The van der Waals surface area contributed by atoms with Crippen molar-refractivity contribution in [3.63, 3.8) is 0 Å². The second-order valence-electron chi connectivity index (χ2n) is 5.26. The summed E-state index contributed by atoms with van der Waals surface area (Å²) in [6.07, 6.45) is 7.67. The summed E-state index contributed by atoms with van der Waals surface area (Å²) in [6, 6.07) is 3.67. The van der Waals surface area contributed by atoms with Crippen molar-refractivity contribution in [1.82, 2.24) is 14.9 Å². The molecule has 1 aliphatic heterocycles. The molecule has 0 aromatic carbocycles. The Morgan fingerprint density at radius 1 is 1.57 bits per heavy atom. The third kappa shape index (κ3) is 3.15. The van der Waals surface area contributed by atoms with E-state index in [1.165, 1.54) is 0 Å². The summed E-state index contributed by atoms with van der Waals surface area (Å²) in [5.41, 5.74) is 0. The van der Waals surface area contributed by atoms with E-state index in [4.69, 9.17) is 4.42 Å². The van der Waals surface area contributed by atoms with Gasteiger partial charge >= 0.3 is 0 Å². The molecular formula is C15H19N3O2S. The molecule has 0 aliphatic carbocycles. The molecule has 0 spiro atoms. The number of nitrogens with zero attached hydrogens (tertiary/aromatic N) is 2. The van der Waals surface area contributed by atoms with E-state index in [2.05, 4.69) is 9.97 Å². The first kappa shape index (κ1) is 14.3. The minimum atomic E-state index is -0.0152. The molecule has 1 fully saturated rings.